The van der Waals surface area contributed by atoms with E-state index in [4.69, 9.17) is 8.48 Å². The zero-order valence-corrected chi connectivity index (χ0v) is 9.76. The molecule has 19 heavy (non-hydrogen) atoms. The van der Waals surface area contributed by atoms with Crippen LogP contribution in [0.15, 0.2) is 42.5 Å². The maximum atomic E-state index is 12.9. The molecule has 0 bridgehead atoms. The lowest BCUT2D eigenvalue weighted by molar-refractivity contribution is -0.383. The summed E-state index contributed by atoms with van der Waals surface area (Å²) in [5, 5.41) is 13.3. The second kappa shape index (κ2) is 5.34. The zero-order chi connectivity index (χ0) is 15.6. The van der Waals surface area contributed by atoms with E-state index in [-0.39, 0.29) is 22.6 Å². The molecule has 0 aliphatic heterocycles. The Hall–Kier alpha value is -2.63. The van der Waals surface area contributed by atoms with Gasteiger partial charge in [-0.25, -0.2) is 4.39 Å². The fourth-order valence-electron chi connectivity index (χ4n) is 1.46. The van der Waals surface area contributed by atoms with Crippen molar-refractivity contribution in [3.8, 4) is 0 Å². The van der Waals surface area contributed by atoms with Gasteiger partial charge in [0, 0.05) is 18.3 Å². The number of rotatable bonds is 4. The molecule has 98 valence electrons. The van der Waals surface area contributed by atoms with Gasteiger partial charge in [0.05, 0.1) is 7.66 Å². The first-order valence-electron chi connectivity index (χ1n) is 6.38. The average molecular weight is 263 g/mol. The molecule has 0 amide bonds. The number of nitro groups is 1. The van der Waals surface area contributed by atoms with Gasteiger partial charge in [-0.05, 0) is 29.8 Å². The monoisotopic (exact) mass is 263 g/mol. The molecule has 0 unspecified atom stereocenters. The van der Waals surface area contributed by atoms with E-state index in [1.807, 2.05) is 0 Å². The first-order valence-corrected chi connectivity index (χ1v) is 5.38. The van der Waals surface area contributed by atoms with Gasteiger partial charge in [0.25, 0.3) is 5.69 Å². The van der Waals surface area contributed by atoms with E-state index in [2.05, 4.69) is 5.32 Å². The number of nitro benzene ring substituents is 1. The van der Waals surface area contributed by atoms with Crippen LogP contribution < -0.4 is 11.1 Å². The molecule has 6 heteroatoms. The molecule has 0 saturated heterocycles. The molecule has 2 aromatic rings. The Morgan fingerprint density at radius 3 is 2.63 bits per heavy atom. The first-order chi connectivity index (χ1) is 9.79. The van der Waals surface area contributed by atoms with E-state index >= 15 is 0 Å². The topological polar surface area (TPSA) is 81.2 Å². The molecule has 0 fully saturated rings. The maximum absolute atomic E-state index is 12.9. The van der Waals surface area contributed by atoms with Gasteiger partial charge in [0.15, 0.2) is 0 Å². The number of benzene rings is 2. The van der Waals surface area contributed by atoms with Crippen molar-refractivity contribution >= 4 is 17.1 Å². The van der Waals surface area contributed by atoms with Crippen LogP contribution >= 0.6 is 0 Å². The molecule has 0 aliphatic rings. The average Bonchev–Trinajstić information content (AvgIpc) is 2.41. The molecule has 0 heterocycles. The quantitative estimate of drug-likeness (QED) is 0.505. The Balaban J connectivity index is 2.30. The zero-order valence-electron chi connectivity index (χ0n) is 11.8. The highest BCUT2D eigenvalue weighted by molar-refractivity contribution is 5.65. The van der Waals surface area contributed by atoms with Crippen LogP contribution in [0.1, 0.15) is 8.30 Å². The SMILES string of the molecule is [2H]C([2H])(Nc1ccc(N)c([N+](=O)[O-])c1)c1ccc(F)cc1. The van der Waals surface area contributed by atoms with Gasteiger partial charge in [-0.1, -0.05) is 12.1 Å². The van der Waals surface area contributed by atoms with Crippen molar-refractivity contribution in [2.75, 3.05) is 11.1 Å². The summed E-state index contributed by atoms with van der Waals surface area (Å²) in [7, 11) is 0. The smallest absolute Gasteiger partial charge is 0.294 e. The van der Waals surface area contributed by atoms with Crippen LogP contribution in [0, 0.1) is 15.9 Å². The van der Waals surface area contributed by atoms with Crippen LogP contribution in [0.5, 0.6) is 0 Å². The highest BCUT2D eigenvalue weighted by Gasteiger charge is 2.11. The summed E-state index contributed by atoms with van der Waals surface area (Å²) < 4.78 is 28.7. The van der Waals surface area contributed by atoms with Crippen molar-refractivity contribution in [1.82, 2.24) is 0 Å². The minimum Gasteiger partial charge on any atom is -0.393 e. The molecular formula is C13H12FN3O2. The van der Waals surface area contributed by atoms with Crippen LogP contribution in [0.4, 0.5) is 21.5 Å². The molecule has 3 N–H and O–H groups in total. The minimum absolute atomic E-state index is 0.00658. The second-order valence-electron chi connectivity index (χ2n) is 3.79. The largest absolute Gasteiger partial charge is 0.393 e. The van der Waals surface area contributed by atoms with Gasteiger partial charge in [0.2, 0.25) is 0 Å². The molecule has 5 nitrogen and oxygen atoms in total. The number of anilines is 2. The van der Waals surface area contributed by atoms with Gasteiger partial charge in [-0.2, -0.15) is 0 Å². The first kappa shape index (κ1) is 10.3. The van der Waals surface area contributed by atoms with Crippen molar-refractivity contribution in [3.63, 3.8) is 0 Å². The van der Waals surface area contributed by atoms with Gasteiger partial charge >= 0.3 is 0 Å². The Morgan fingerprint density at radius 2 is 2.00 bits per heavy atom. The van der Waals surface area contributed by atoms with E-state index in [0.717, 1.165) is 18.2 Å². The van der Waals surface area contributed by atoms with Crippen molar-refractivity contribution in [1.29, 1.82) is 0 Å². The lowest BCUT2D eigenvalue weighted by Crippen LogP contribution is -2.01. The number of nitrogen functional groups attached to an aromatic ring is 1. The van der Waals surface area contributed by atoms with Crippen molar-refractivity contribution in [2.24, 2.45) is 0 Å². The van der Waals surface area contributed by atoms with Crippen LogP contribution in [-0.4, -0.2) is 4.92 Å². The molecule has 2 aromatic carbocycles. The lowest BCUT2D eigenvalue weighted by Gasteiger charge is -2.07. The maximum Gasteiger partial charge on any atom is 0.294 e. The van der Waals surface area contributed by atoms with Crippen molar-refractivity contribution < 1.29 is 12.1 Å². The third kappa shape index (κ3) is 3.19. The van der Waals surface area contributed by atoms with Gasteiger partial charge in [-0.15, -0.1) is 0 Å². The molecule has 0 spiro atoms. The van der Waals surface area contributed by atoms with E-state index in [1.54, 1.807) is 0 Å². The van der Waals surface area contributed by atoms with Gasteiger partial charge < -0.3 is 11.1 Å². The predicted molar refractivity (Wildman–Crippen MR) is 71.2 cm³/mol. The summed E-state index contributed by atoms with van der Waals surface area (Å²) in [5.74, 6) is -0.474. The Bertz CT molecular complexity index is 678. The number of hydrogen-bond donors (Lipinski definition) is 2. The molecule has 2 rings (SSSR count). The van der Waals surface area contributed by atoms with Crippen LogP contribution in [0.3, 0.4) is 0 Å². The molecule has 0 aromatic heterocycles. The molecule has 0 atom stereocenters. The predicted octanol–water partition coefficient (Wildman–Crippen LogP) is 2.93. The van der Waals surface area contributed by atoms with E-state index in [1.165, 1.54) is 24.3 Å². The third-order valence-electron chi connectivity index (χ3n) is 2.42. The van der Waals surface area contributed by atoms with Gasteiger partial charge in [-0.3, -0.25) is 10.1 Å². The van der Waals surface area contributed by atoms with Crippen LogP contribution in [0.25, 0.3) is 0 Å². The Morgan fingerprint density at radius 1 is 1.32 bits per heavy atom. The molecule has 0 aliphatic carbocycles. The molecular weight excluding hydrogens is 249 g/mol. The van der Waals surface area contributed by atoms with Crippen molar-refractivity contribution in [2.45, 2.75) is 6.50 Å². The lowest BCUT2D eigenvalue weighted by atomic mass is 10.2. The second-order valence-corrected chi connectivity index (χ2v) is 3.79. The fourth-order valence-corrected chi connectivity index (χ4v) is 1.46. The normalized spacial score (nSPS) is 12.5. The van der Waals surface area contributed by atoms with Crippen molar-refractivity contribution in [3.05, 3.63) is 64.0 Å². The number of hydrogen-bond acceptors (Lipinski definition) is 4. The highest BCUT2D eigenvalue weighted by atomic mass is 19.1. The Labute approximate surface area is 111 Å². The summed E-state index contributed by atoms with van der Waals surface area (Å²) in [6.45, 7) is -2.02. The minimum atomic E-state index is -2.02. The van der Waals surface area contributed by atoms with Crippen LogP contribution in [0.2, 0.25) is 0 Å². The number of nitrogens with two attached hydrogens (primary N) is 1. The Kier molecular flexibility index (Phi) is 2.90. The fraction of sp³-hybridized carbons (Fsp3) is 0.0769. The standard InChI is InChI=1S/C13H12FN3O2/c14-10-3-1-9(2-4-10)8-16-11-5-6-12(15)13(7-11)17(18)19/h1-7,16H,8,15H2/i8D2. The molecule has 0 saturated carbocycles. The summed E-state index contributed by atoms with van der Waals surface area (Å²) in [6.07, 6.45) is 0. The number of halogens is 1. The highest BCUT2D eigenvalue weighted by Crippen LogP contribution is 2.25. The van der Waals surface area contributed by atoms with E-state index in [0.29, 0.717) is 0 Å². The number of nitrogens with zero attached hydrogens (tertiary/aromatic N) is 1. The molecule has 0 radical (unpaired) electrons. The third-order valence-corrected chi connectivity index (χ3v) is 2.42. The van der Waals surface area contributed by atoms with Gasteiger partial charge in [0.1, 0.15) is 11.5 Å². The van der Waals surface area contributed by atoms with E-state index in [9.17, 15) is 14.5 Å². The summed E-state index contributed by atoms with van der Waals surface area (Å²) in [6, 6.07) is 8.78. The van der Waals surface area contributed by atoms with E-state index < -0.39 is 17.2 Å². The number of nitrogens with one attached hydrogen (secondary N) is 1. The summed E-state index contributed by atoms with van der Waals surface area (Å²) in [5.41, 5.74) is 5.56. The summed E-state index contributed by atoms with van der Waals surface area (Å²) in [4.78, 5) is 10.2. The summed E-state index contributed by atoms with van der Waals surface area (Å²) >= 11 is 0. The van der Waals surface area contributed by atoms with Crippen LogP contribution in [-0.2, 0) is 6.50 Å².